The minimum absolute atomic E-state index is 0.132. The molecule has 0 saturated heterocycles. The van der Waals surface area contributed by atoms with Crippen LogP contribution in [0.4, 0.5) is 0 Å². The number of rotatable bonds is 4. The Bertz CT molecular complexity index is 2110. The van der Waals surface area contributed by atoms with Gasteiger partial charge in [0.15, 0.2) is 0 Å². The summed E-state index contributed by atoms with van der Waals surface area (Å²) in [5.41, 5.74) is 9.77. The maximum Gasteiger partial charge on any atom is 0.0823 e. The second kappa shape index (κ2) is 8.92. The second-order valence-corrected chi connectivity index (χ2v) is 15.2. The predicted molar refractivity (Wildman–Crippen MR) is 179 cm³/mol. The molecule has 0 spiro atoms. The van der Waals surface area contributed by atoms with E-state index in [2.05, 4.69) is 120 Å². The first-order valence-electron chi connectivity index (χ1n) is 15.3. The molecule has 4 aromatic carbocycles. The molecular weight excluding hydrogens is 496 g/mol. The minimum Gasteiger partial charge on any atom is -0.308 e. The van der Waals surface area contributed by atoms with Crippen LogP contribution < -0.4 is 0 Å². The van der Waals surface area contributed by atoms with Crippen LogP contribution >= 0.6 is 0 Å². The van der Waals surface area contributed by atoms with Gasteiger partial charge in [0.2, 0.25) is 0 Å². The van der Waals surface area contributed by atoms with Gasteiger partial charge in [-0.1, -0.05) is 97.9 Å². The van der Waals surface area contributed by atoms with Crippen LogP contribution in [-0.2, 0) is 19.3 Å². The van der Waals surface area contributed by atoms with Crippen LogP contribution in [0.1, 0.15) is 72.1 Å². The molecular formula is C39H42N2. The van der Waals surface area contributed by atoms with Crippen LogP contribution in [0.2, 0.25) is 0 Å². The number of aromatic nitrogens is 2. The van der Waals surface area contributed by atoms with Crippen molar-refractivity contribution in [1.82, 2.24) is 9.38 Å². The molecule has 0 radical (unpaired) electrons. The molecule has 0 atom stereocenters. The summed E-state index contributed by atoms with van der Waals surface area (Å²) in [5, 5.41) is 9.32. The SMILES string of the molecule is CC(C)Cc1cc2ccnc3c4cc5cc(CC(C)(C)C)ccc5c(CC(C)(C)C)c4n4c5ccccc5c1c4c23. The monoisotopic (exact) mass is 538 g/mol. The Kier molecular flexibility index (Phi) is 5.72. The smallest absolute Gasteiger partial charge is 0.0823 e. The Labute approximate surface area is 243 Å². The predicted octanol–water partition coefficient (Wildman–Crippen LogP) is 10.9. The van der Waals surface area contributed by atoms with Crippen molar-refractivity contribution in [3.8, 4) is 0 Å². The largest absolute Gasteiger partial charge is 0.308 e. The molecule has 0 aliphatic rings. The van der Waals surface area contributed by atoms with E-state index in [0.29, 0.717) is 5.92 Å². The molecule has 0 amide bonds. The highest BCUT2D eigenvalue weighted by atomic mass is 14.9. The zero-order chi connectivity index (χ0) is 28.8. The van der Waals surface area contributed by atoms with Gasteiger partial charge in [0.1, 0.15) is 0 Å². The fraction of sp³-hybridized carbons (Fsp3) is 0.359. The number of pyridine rings is 2. The lowest BCUT2D eigenvalue weighted by Crippen LogP contribution is -2.12. The van der Waals surface area contributed by atoms with Crippen LogP contribution in [-0.4, -0.2) is 9.38 Å². The van der Waals surface area contributed by atoms with Gasteiger partial charge in [-0.15, -0.1) is 0 Å². The first-order chi connectivity index (χ1) is 19.4. The number of hydrogen-bond acceptors (Lipinski definition) is 1. The number of para-hydroxylation sites is 1. The Hall–Kier alpha value is -3.65. The minimum atomic E-state index is 0.132. The molecule has 0 aliphatic heterocycles. The highest BCUT2D eigenvalue weighted by Crippen LogP contribution is 2.45. The third-order valence-corrected chi connectivity index (χ3v) is 8.58. The molecule has 0 aliphatic carbocycles. The molecule has 3 heterocycles. The van der Waals surface area contributed by atoms with E-state index in [0.717, 1.165) is 24.8 Å². The third-order valence-electron chi connectivity index (χ3n) is 8.58. The van der Waals surface area contributed by atoms with E-state index in [1.807, 2.05) is 6.20 Å². The summed E-state index contributed by atoms with van der Waals surface area (Å²) in [6.45, 7) is 18.7. The summed E-state index contributed by atoms with van der Waals surface area (Å²) in [6, 6.07) is 23.4. The Morgan fingerprint density at radius 1 is 0.707 bits per heavy atom. The van der Waals surface area contributed by atoms with Crippen molar-refractivity contribution in [1.29, 1.82) is 0 Å². The van der Waals surface area contributed by atoms with E-state index >= 15 is 0 Å². The summed E-state index contributed by atoms with van der Waals surface area (Å²) < 4.78 is 2.62. The van der Waals surface area contributed by atoms with E-state index in [-0.39, 0.29) is 10.8 Å². The topological polar surface area (TPSA) is 17.3 Å². The third kappa shape index (κ3) is 4.26. The fourth-order valence-corrected chi connectivity index (χ4v) is 7.33. The molecule has 7 aromatic rings. The van der Waals surface area contributed by atoms with Crippen LogP contribution in [0.15, 0.2) is 66.9 Å². The molecule has 0 N–H and O–H groups in total. The van der Waals surface area contributed by atoms with Gasteiger partial charge in [-0.3, -0.25) is 4.98 Å². The van der Waals surface area contributed by atoms with Crippen molar-refractivity contribution in [3.63, 3.8) is 0 Å². The van der Waals surface area contributed by atoms with Crippen molar-refractivity contribution in [2.75, 3.05) is 0 Å². The summed E-state index contributed by atoms with van der Waals surface area (Å²) in [7, 11) is 0. The standard InChI is InChI=1S/C39H42N2/c1-23(2)17-27-19-25-15-16-40-35-30-20-26-18-24(21-38(3,4)5)13-14-28(26)31(22-39(6,7)8)36(30)41-32-12-10-9-11-29(32)33(27)37(41)34(25)35/h9-16,18-20,23H,17,21-22H2,1-8H3. The van der Waals surface area contributed by atoms with Crippen molar-refractivity contribution in [3.05, 3.63) is 83.6 Å². The lowest BCUT2D eigenvalue weighted by atomic mass is 9.83. The first kappa shape index (κ1) is 26.3. The maximum atomic E-state index is 5.14. The van der Waals surface area contributed by atoms with Gasteiger partial charge in [-0.2, -0.15) is 0 Å². The lowest BCUT2D eigenvalue weighted by Gasteiger charge is -2.24. The average molecular weight is 539 g/mol. The maximum absolute atomic E-state index is 5.14. The second-order valence-electron chi connectivity index (χ2n) is 15.2. The Morgan fingerprint density at radius 2 is 1.46 bits per heavy atom. The van der Waals surface area contributed by atoms with Crippen LogP contribution in [0, 0.1) is 16.7 Å². The molecule has 0 bridgehead atoms. The summed E-state index contributed by atoms with van der Waals surface area (Å²) in [6.07, 6.45) is 5.14. The average Bonchev–Trinajstić information content (AvgIpc) is 3.22. The molecule has 7 rings (SSSR count). The number of fused-ring (bicyclic) bond motifs is 7. The van der Waals surface area contributed by atoms with Gasteiger partial charge < -0.3 is 4.40 Å². The van der Waals surface area contributed by atoms with Crippen LogP contribution in [0.5, 0.6) is 0 Å². The molecule has 2 heteroatoms. The summed E-state index contributed by atoms with van der Waals surface area (Å²) >= 11 is 0. The molecule has 0 fully saturated rings. The fourth-order valence-electron chi connectivity index (χ4n) is 7.33. The molecule has 41 heavy (non-hydrogen) atoms. The van der Waals surface area contributed by atoms with E-state index in [9.17, 15) is 0 Å². The van der Waals surface area contributed by atoms with Gasteiger partial charge in [0, 0.05) is 27.7 Å². The van der Waals surface area contributed by atoms with Crippen LogP contribution in [0.25, 0.3) is 59.8 Å². The van der Waals surface area contributed by atoms with Crippen LogP contribution in [0.3, 0.4) is 0 Å². The van der Waals surface area contributed by atoms with Gasteiger partial charge in [0.25, 0.3) is 0 Å². The Morgan fingerprint density at radius 3 is 2.20 bits per heavy atom. The van der Waals surface area contributed by atoms with Crippen molar-refractivity contribution in [2.45, 2.75) is 74.7 Å². The van der Waals surface area contributed by atoms with Gasteiger partial charge in [-0.25, -0.2) is 0 Å². The lowest BCUT2D eigenvalue weighted by molar-refractivity contribution is 0.411. The van der Waals surface area contributed by atoms with Crippen molar-refractivity contribution >= 4 is 59.8 Å². The first-order valence-corrected chi connectivity index (χ1v) is 15.3. The summed E-state index contributed by atoms with van der Waals surface area (Å²) in [5.74, 6) is 0.581. The normalized spacial score (nSPS) is 13.4. The van der Waals surface area contributed by atoms with Crippen molar-refractivity contribution in [2.24, 2.45) is 16.7 Å². The highest BCUT2D eigenvalue weighted by molar-refractivity contribution is 6.29. The Balaban J connectivity index is 1.75. The van der Waals surface area contributed by atoms with Crippen molar-refractivity contribution < 1.29 is 0 Å². The molecule has 3 aromatic heterocycles. The molecule has 0 saturated carbocycles. The molecule has 0 unspecified atom stereocenters. The molecule has 2 nitrogen and oxygen atoms in total. The van der Waals surface area contributed by atoms with Gasteiger partial charge >= 0.3 is 0 Å². The zero-order valence-electron chi connectivity index (χ0n) is 25.9. The number of benzene rings is 4. The highest BCUT2D eigenvalue weighted by Gasteiger charge is 2.26. The number of nitrogens with zero attached hydrogens (tertiary/aromatic N) is 2. The quantitative estimate of drug-likeness (QED) is 0.161. The molecule has 208 valence electrons. The van der Waals surface area contributed by atoms with E-state index in [1.54, 1.807) is 0 Å². The van der Waals surface area contributed by atoms with E-state index in [4.69, 9.17) is 4.98 Å². The number of hydrogen-bond donors (Lipinski definition) is 0. The van der Waals surface area contributed by atoms with E-state index < -0.39 is 0 Å². The van der Waals surface area contributed by atoms with E-state index in [1.165, 1.54) is 70.9 Å². The van der Waals surface area contributed by atoms with Gasteiger partial charge in [-0.05, 0) is 87.1 Å². The van der Waals surface area contributed by atoms with Gasteiger partial charge in [0.05, 0.1) is 22.1 Å². The summed E-state index contributed by atoms with van der Waals surface area (Å²) in [4.78, 5) is 5.14. The zero-order valence-corrected chi connectivity index (χ0v) is 25.9.